The third-order valence-corrected chi connectivity index (χ3v) is 3.83. The number of benzene rings is 1. The lowest BCUT2D eigenvalue weighted by atomic mass is 10.0. The van der Waals surface area contributed by atoms with Crippen LogP contribution < -0.4 is 10.6 Å². The zero-order valence-electron chi connectivity index (χ0n) is 13.1. The molecule has 1 rings (SSSR count). The van der Waals surface area contributed by atoms with E-state index in [0.29, 0.717) is 6.04 Å². The maximum Gasteiger partial charge on any atom is 0.0401 e. The van der Waals surface area contributed by atoms with Crippen LogP contribution in [0.3, 0.4) is 0 Å². The van der Waals surface area contributed by atoms with E-state index in [-0.39, 0.29) is 0 Å². The summed E-state index contributed by atoms with van der Waals surface area (Å²) >= 11 is 0. The summed E-state index contributed by atoms with van der Waals surface area (Å²) in [5.74, 6) is 0. The van der Waals surface area contributed by atoms with Crippen LogP contribution in [0.2, 0.25) is 0 Å². The largest absolute Gasteiger partial charge is 0.369 e. The highest BCUT2D eigenvalue weighted by molar-refractivity contribution is 5.56. The Morgan fingerprint density at radius 3 is 2.58 bits per heavy atom. The van der Waals surface area contributed by atoms with E-state index in [2.05, 4.69) is 50.8 Å². The Morgan fingerprint density at radius 1 is 1.26 bits per heavy atom. The van der Waals surface area contributed by atoms with Crippen LogP contribution in [0.25, 0.3) is 0 Å². The summed E-state index contributed by atoms with van der Waals surface area (Å²) in [5.41, 5.74) is 9.89. The summed E-state index contributed by atoms with van der Waals surface area (Å²) in [5, 5.41) is 0. The van der Waals surface area contributed by atoms with Crippen molar-refractivity contribution in [3.63, 3.8) is 0 Å². The van der Waals surface area contributed by atoms with Crippen LogP contribution >= 0.6 is 0 Å². The van der Waals surface area contributed by atoms with Gasteiger partial charge in [-0.05, 0) is 51.3 Å². The lowest BCUT2D eigenvalue weighted by molar-refractivity contribution is 0.593. The average molecular weight is 262 g/mol. The zero-order valence-corrected chi connectivity index (χ0v) is 13.1. The fourth-order valence-electron chi connectivity index (χ4n) is 2.48. The van der Waals surface area contributed by atoms with Crippen molar-refractivity contribution in [3.05, 3.63) is 29.3 Å². The first-order valence-corrected chi connectivity index (χ1v) is 7.70. The van der Waals surface area contributed by atoms with E-state index >= 15 is 0 Å². The Bertz CT molecular complexity index is 374. The summed E-state index contributed by atoms with van der Waals surface area (Å²) in [6.45, 7) is 10.9. The van der Waals surface area contributed by atoms with Gasteiger partial charge in [-0.3, -0.25) is 0 Å². The van der Waals surface area contributed by atoms with Crippen molar-refractivity contribution in [1.29, 1.82) is 0 Å². The smallest absolute Gasteiger partial charge is 0.0401 e. The highest BCUT2D eigenvalue weighted by atomic mass is 15.2. The molecule has 2 nitrogen and oxygen atoms in total. The molecule has 1 atom stereocenters. The minimum Gasteiger partial charge on any atom is -0.369 e. The Balaban J connectivity index is 3.05. The van der Waals surface area contributed by atoms with Gasteiger partial charge in [0, 0.05) is 18.3 Å². The number of nitrogens with two attached hydrogens (primary N) is 1. The van der Waals surface area contributed by atoms with Gasteiger partial charge in [-0.15, -0.1) is 0 Å². The predicted octanol–water partition coefficient (Wildman–Crippen LogP) is 3.90. The summed E-state index contributed by atoms with van der Waals surface area (Å²) in [6.07, 6.45) is 4.64. The molecular formula is C17H30N2. The molecule has 0 heterocycles. The third-order valence-electron chi connectivity index (χ3n) is 3.83. The van der Waals surface area contributed by atoms with Gasteiger partial charge in [0.2, 0.25) is 0 Å². The molecule has 0 saturated carbocycles. The molecule has 0 bridgehead atoms. The van der Waals surface area contributed by atoms with E-state index < -0.39 is 0 Å². The fraction of sp³-hybridized carbons (Fsp3) is 0.647. The van der Waals surface area contributed by atoms with Crippen LogP contribution in [0.5, 0.6) is 0 Å². The standard InChI is InChI=1S/C17H30N2/c1-5-7-12-19(15(4)6-2)17-9-8-14(3)13-16(17)10-11-18/h8-9,13,15H,5-7,10-12,18H2,1-4H3. The molecule has 0 aliphatic heterocycles. The molecule has 0 aliphatic carbocycles. The molecule has 108 valence electrons. The number of unbranched alkanes of at least 4 members (excludes halogenated alkanes) is 1. The molecule has 1 aromatic rings. The van der Waals surface area contributed by atoms with E-state index in [1.54, 1.807) is 0 Å². The molecular weight excluding hydrogens is 232 g/mol. The molecule has 0 saturated heterocycles. The number of nitrogens with zero attached hydrogens (tertiary/aromatic N) is 1. The molecule has 0 fully saturated rings. The molecule has 0 spiro atoms. The van der Waals surface area contributed by atoms with Gasteiger partial charge in [-0.25, -0.2) is 0 Å². The van der Waals surface area contributed by atoms with Crippen LogP contribution in [-0.4, -0.2) is 19.1 Å². The predicted molar refractivity (Wildman–Crippen MR) is 85.9 cm³/mol. The van der Waals surface area contributed by atoms with Gasteiger partial charge >= 0.3 is 0 Å². The zero-order chi connectivity index (χ0) is 14.3. The van der Waals surface area contributed by atoms with Gasteiger partial charge in [0.25, 0.3) is 0 Å². The Hall–Kier alpha value is -1.02. The summed E-state index contributed by atoms with van der Waals surface area (Å²) < 4.78 is 0. The lowest BCUT2D eigenvalue weighted by Crippen LogP contribution is -2.34. The molecule has 0 aliphatic rings. The summed E-state index contributed by atoms with van der Waals surface area (Å²) in [6, 6.07) is 7.38. The first-order valence-electron chi connectivity index (χ1n) is 7.70. The van der Waals surface area contributed by atoms with Crippen molar-refractivity contribution in [2.24, 2.45) is 5.73 Å². The molecule has 19 heavy (non-hydrogen) atoms. The molecule has 1 unspecified atom stereocenters. The van der Waals surface area contributed by atoms with Crippen LogP contribution in [0, 0.1) is 6.92 Å². The van der Waals surface area contributed by atoms with E-state index in [1.165, 1.54) is 36.1 Å². The van der Waals surface area contributed by atoms with E-state index in [1.807, 2.05) is 0 Å². The van der Waals surface area contributed by atoms with Crippen LogP contribution in [-0.2, 0) is 6.42 Å². The number of aryl methyl sites for hydroxylation is 1. The number of hydrogen-bond donors (Lipinski definition) is 1. The molecule has 2 N–H and O–H groups in total. The Kier molecular flexibility index (Phi) is 6.93. The maximum atomic E-state index is 5.77. The first-order chi connectivity index (χ1) is 9.13. The quantitative estimate of drug-likeness (QED) is 0.770. The van der Waals surface area contributed by atoms with Crippen molar-refractivity contribution in [3.8, 4) is 0 Å². The minimum absolute atomic E-state index is 0.589. The monoisotopic (exact) mass is 262 g/mol. The van der Waals surface area contributed by atoms with Crippen LogP contribution in [0.15, 0.2) is 18.2 Å². The molecule has 0 amide bonds. The van der Waals surface area contributed by atoms with Crippen molar-refractivity contribution < 1.29 is 0 Å². The SMILES string of the molecule is CCCCN(c1ccc(C)cc1CCN)C(C)CC. The van der Waals surface area contributed by atoms with E-state index in [0.717, 1.165) is 19.5 Å². The van der Waals surface area contributed by atoms with Crippen molar-refractivity contribution in [2.45, 2.75) is 59.4 Å². The number of anilines is 1. The lowest BCUT2D eigenvalue weighted by Gasteiger charge is -2.33. The number of rotatable bonds is 8. The first kappa shape index (κ1) is 16.0. The Morgan fingerprint density at radius 2 is 2.00 bits per heavy atom. The van der Waals surface area contributed by atoms with E-state index in [4.69, 9.17) is 5.73 Å². The van der Waals surface area contributed by atoms with Crippen LogP contribution in [0.1, 0.15) is 51.2 Å². The van der Waals surface area contributed by atoms with E-state index in [9.17, 15) is 0 Å². The summed E-state index contributed by atoms with van der Waals surface area (Å²) in [7, 11) is 0. The number of hydrogen-bond acceptors (Lipinski definition) is 2. The molecule has 2 heteroatoms. The average Bonchev–Trinajstić information content (AvgIpc) is 2.41. The van der Waals surface area contributed by atoms with Gasteiger partial charge < -0.3 is 10.6 Å². The molecule has 0 radical (unpaired) electrons. The maximum absolute atomic E-state index is 5.77. The second kappa shape index (κ2) is 8.21. The van der Waals surface area contributed by atoms with Crippen molar-refractivity contribution in [1.82, 2.24) is 0 Å². The van der Waals surface area contributed by atoms with Crippen molar-refractivity contribution >= 4 is 5.69 Å². The molecule has 0 aromatic heterocycles. The molecule has 1 aromatic carbocycles. The topological polar surface area (TPSA) is 29.3 Å². The van der Waals surface area contributed by atoms with Gasteiger partial charge in [0.1, 0.15) is 0 Å². The second-order valence-electron chi connectivity index (χ2n) is 5.48. The van der Waals surface area contributed by atoms with Gasteiger partial charge in [0.05, 0.1) is 0 Å². The normalized spacial score (nSPS) is 12.5. The Labute approximate surface area is 119 Å². The highest BCUT2D eigenvalue weighted by Crippen LogP contribution is 2.25. The fourth-order valence-corrected chi connectivity index (χ4v) is 2.48. The highest BCUT2D eigenvalue weighted by Gasteiger charge is 2.15. The van der Waals surface area contributed by atoms with Crippen LogP contribution in [0.4, 0.5) is 5.69 Å². The van der Waals surface area contributed by atoms with Gasteiger partial charge in [-0.2, -0.15) is 0 Å². The van der Waals surface area contributed by atoms with Crippen molar-refractivity contribution in [2.75, 3.05) is 18.0 Å². The summed E-state index contributed by atoms with van der Waals surface area (Å²) in [4.78, 5) is 2.56. The minimum atomic E-state index is 0.589. The third kappa shape index (κ3) is 4.54. The van der Waals surface area contributed by atoms with Gasteiger partial charge in [0.15, 0.2) is 0 Å². The van der Waals surface area contributed by atoms with Gasteiger partial charge in [-0.1, -0.05) is 38.0 Å². The second-order valence-corrected chi connectivity index (χ2v) is 5.48.